The monoisotopic (exact) mass is 122 g/mol. The molecule has 2 heteroatoms. The summed E-state index contributed by atoms with van der Waals surface area (Å²) in [5.74, 6) is 2.20. The fourth-order valence-electron chi connectivity index (χ4n) is 0.421. The van der Waals surface area contributed by atoms with Gasteiger partial charge in [-0.2, -0.15) is 0 Å². The number of thiazole rings is 1. The van der Waals surface area contributed by atoms with Crippen LogP contribution in [0.4, 0.5) is 0 Å². The molecule has 1 aromatic rings. The molecule has 0 amide bonds. The van der Waals surface area contributed by atoms with E-state index >= 15 is 0 Å². The molecule has 0 aliphatic heterocycles. The SMILES string of the molecule is [C]#Cc1csc(C)n1. The first-order valence-corrected chi connectivity index (χ1v) is 3.06. The van der Waals surface area contributed by atoms with Crippen molar-refractivity contribution in [1.29, 1.82) is 0 Å². The minimum atomic E-state index is 0.632. The van der Waals surface area contributed by atoms with Crippen molar-refractivity contribution in [2.45, 2.75) is 6.92 Å². The van der Waals surface area contributed by atoms with Crippen LogP contribution in [0.25, 0.3) is 0 Å². The Kier molecular flexibility index (Phi) is 1.32. The first kappa shape index (κ1) is 5.33. The molecule has 0 bridgehead atoms. The molecule has 1 nitrogen and oxygen atoms in total. The summed E-state index contributed by atoms with van der Waals surface area (Å²) in [7, 11) is 0. The molecule has 0 unspecified atom stereocenters. The van der Waals surface area contributed by atoms with Crippen molar-refractivity contribution in [3.63, 3.8) is 0 Å². The second-order valence-corrected chi connectivity index (χ2v) is 2.44. The van der Waals surface area contributed by atoms with Crippen LogP contribution in [-0.2, 0) is 0 Å². The summed E-state index contributed by atoms with van der Waals surface area (Å²) >= 11 is 1.54. The van der Waals surface area contributed by atoms with E-state index in [1.165, 1.54) is 11.3 Å². The van der Waals surface area contributed by atoms with Gasteiger partial charge in [-0.25, -0.2) is 4.98 Å². The number of hydrogen-bond donors (Lipinski definition) is 0. The van der Waals surface area contributed by atoms with Crippen LogP contribution >= 0.6 is 11.3 Å². The topological polar surface area (TPSA) is 12.9 Å². The quantitative estimate of drug-likeness (QED) is 0.474. The van der Waals surface area contributed by atoms with Crippen molar-refractivity contribution in [1.82, 2.24) is 4.98 Å². The van der Waals surface area contributed by atoms with Gasteiger partial charge < -0.3 is 0 Å². The van der Waals surface area contributed by atoms with E-state index in [0.29, 0.717) is 5.69 Å². The maximum absolute atomic E-state index is 6.65. The predicted octanol–water partition coefficient (Wildman–Crippen LogP) is 1.39. The Labute approximate surface area is 52.4 Å². The molecule has 0 fully saturated rings. The minimum absolute atomic E-state index is 0.632. The highest BCUT2D eigenvalue weighted by Crippen LogP contribution is 2.05. The third-order valence-electron chi connectivity index (χ3n) is 0.747. The number of rotatable bonds is 0. The van der Waals surface area contributed by atoms with Crippen LogP contribution in [0.5, 0.6) is 0 Å². The van der Waals surface area contributed by atoms with E-state index in [1.807, 2.05) is 12.3 Å². The maximum Gasteiger partial charge on any atom is 0.125 e. The maximum atomic E-state index is 6.65. The molecule has 1 aromatic heterocycles. The van der Waals surface area contributed by atoms with Gasteiger partial charge in [0.05, 0.1) is 5.01 Å². The summed E-state index contributed by atoms with van der Waals surface area (Å²) in [5, 5.41) is 2.79. The van der Waals surface area contributed by atoms with Crippen LogP contribution in [0.2, 0.25) is 0 Å². The molecular formula is C6H4NS. The summed E-state index contributed by atoms with van der Waals surface area (Å²) < 4.78 is 0. The zero-order valence-electron chi connectivity index (χ0n) is 4.43. The van der Waals surface area contributed by atoms with Gasteiger partial charge in [0.25, 0.3) is 0 Å². The van der Waals surface area contributed by atoms with E-state index in [-0.39, 0.29) is 0 Å². The first-order chi connectivity index (χ1) is 3.83. The van der Waals surface area contributed by atoms with Crippen molar-refractivity contribution in [2.24, 2.45) is 0 Å². The summed E-state index contributed by atoms with van der Waals surface area (Å²) in [4.78, 5) is 3.95. The molecule has 0 saturated carbocycles. The molecule has 1 radical (unpaired) electrons. The van der Waals surface area contributed by atoms with Crippen LogP contribution in [0.1, 0.15) is 10.7 Å². The van der Waals surface area contributed by atoms with Gasteiger partial charge in [-0.3, -0.25) is 0 Å². The Balaban J connectivity index is 3.05. The van der Waals surface area contributed by atoms with Crippen molar-refractivity contribution in [2.75, 3.05) is 0 Å². The highest BCUT2D eigenvalue weighted by molar-refractivity contribution is 7.09. The highest BCUT2D eigenvalue weighted by atomic mass is 32.1. The Morgan fingerprint density at radius 1 is 1.88 bits per heavy atom. The van der Waals surface area contributed by atoms with E-state index in [1.54, 1.807) is 0 Å². The number of aryl methyl sites for hydroxylation is 1. The fraction of sp³-hybridized carbons (Fsp3) is 0.167. The van der Waals surface area contributed by atoms with Crippen LogP contribution in [0, 0.1) is 19.3 Å². The minimum Gasteiger partial charge on any atom is -0.233 e. The number of hydrogen-bond acceptors (Lipinski definition) is 2. The molecule has 1 rings (SSSR count). The molecule has 0 saturated heterocycles. The van der Waals surface area contributed by atoms with E-state index in [2.05, 4.69) is 10.9 Å². The zero-order chi connectivity index (χ0) is 5.98. The number of nitrogens with zero attached hydrogens (tertiary/aromatic N) is 1. The summed E-state index contributed by atoms with van der Waals surface area (Å²) in [5.41, 5.74) is 0.632. The van der Waals surface area contributed by atoms with Gasteiger partial charge in [0.2, 0.25) is 0 Å². The molecule has 0 aliphatic carbocycles. The first-order valence-electron chi connectivity index (χ1n) is 2.18. The Hall–Kier alpha value is -0.810. The molecule has 39 valence electrons. The average molecular weight is 122 g/mol. The largest absolute Gasteiger partial charge is 0.233 e. The lowest BCUT2D eigenvalue weighted by atomic mass is 10.5. The third kappa shape index (κ3) is 0.877. The summed E-state index contributed by atoms with van der Waals surface area (Å²) in [6.45, 7) is 1.91. The molecule has 1 heterocycles. The van der Waals surface area contributed by atoms with Crippen LogP contribution in [-0.4, -0.2) is 4.98 Å². The van der Waals surface area contributed by atoms with Gasteiger partial charge in [0.15, 0.2) is 0 Å². The lowest BCUT2D eigenvalue weighted by molar-refractivity contribution is 1.27. The zero-order valence-corrected chi connectivity index (χ0v) is 5.25. The van der Waals surface area contributed by atoms with Crippen molar-refractivity contribution in [3.8, 4) is 5.92 Å². The van der Waals surface area contributed by atoms with E-state index in [9.17, 15) is 0 Å². The van der Waals surface area contributed by atoms with Crippen molar-refractivity contribution < 1.29 is 0 Å². The normalized spacial score (nSPS) is 8.50. The molecule has 0 atom stereocenters. The third-order valence-corrected chi connectivity index (χ3v) is 1.52. The van der Waals surface area contributed by atoms with Crippen molar-refractivity contribution >= 4 is 11.3 Å². The van der Waals surface area contributed by atoms with Gasteiger partial charge in [-0.05, 0) is 19.3 Å². The standard InChI is InChI=1S/C6H4NS/c1-3-6-4-8-5(2)7-6/h4H,2H3. The van der Waals surface area contributed by atoms with Gasteiger partial charge >= 0.3 is 0 Å². The van der Waals surface area contributed by atoms with Gasteiger partial charge in [0, 0.05) is 5.38 Å². The smallest absolute Gasteiger partial charge is 0.125 e. The van der Waals surface area contributed by atoms with E-state index in [0.717, 1.165) is 5.01 Å². The Morgan fingerprint density at radius 2 is 2.62 bits per heavy atom. The van der Waals surface area contributed by atoms with Crippen molar-refractivity contribution in [3.05, 3.63) is 22.5 Å². The lowest BCUT2D eigenvalue weighted by Crippen LogP contribution is -1.69. The fourth-order valence-corrected chi connectivity index (χ4v) is 0.966. The molecule has 0 N–H and O–H groups in total. The van der Waals surface area contributed by atoms with Gasteiger partial charge in [0.1, 0.15) is 5.69 Å². The van der Waals surface area contributed by atoms with Crippen LogP contribution < -0.4 is 0 Å². The second-order valence-electron chi connectivity index (χ2n) is 1.38. The van der Waals surface area contributed by atoms with E-state index < -0.39 is 0 Å². The number of aromatic nitrogens is 1. The Bertz CT molecular complexity index is 219. The molecular weight excluding hydrogens is 118 g/mol. The summed E-state index contributed by atoms with van der Waals surface area (Å²) in [6.07, 6.45) is 6.65. The van der Waals surface area contributed by atoms with Crippen LogP contribution in [0.3, 0.4) is 0 Å². The van der Waals surface area contributed by atoms with Crippen LogP contribution in [0.15, 0.2) is 5.38 Å². The Morgan fingerprint density at radius 3 is 2.88 bits per heavy atom. The highest BCUT2D eigenvalue weighted by Gasteiger charge is 1.89. The molecule has 8 heavy (non-hydrogen) atoms. The van der Waals surface area contributed by atoms with Gasteiger partial charge in [-0.15, -0.1) is 11.3 Å². The van der Waals surface area contributed by atoms with Gasteiger partial charge in [-0.1, -0.05) is 0 Å². The average Bonchev–Trinajstić information content (AvgIpc) is 2.14. The predicted molar refractivity (Wildman–Crippen MR) is 33.1 cm³/mol. The molecule has 0 aliphatic rings. The lowest BCUT2D eigenvalue weighted by Gasteiger charge is -1.70. The second kappa shape index (κ2) is 1.97. The summed E-state index contributed by atoms with van der Waals surface area (Å²) in [6, 6.07) is 0. The molecule has 0 aromatic carbocycles. The van der Waals surface area contributed by atoms with E-state index in [4.69, 9.17) is 6.42 Å². The molecule has 0 spiro atoms.